The van der Waals surface area contributed by atoms with E-state index in [1.807, 2.05) is 6.92 Å². The molecule has 0 saturated heterocycles. The van der Waals surface area contributed by atoms with E-state index in [2.05, 4.69) is 36.7 Å². The van der Waals surface area contributed by atoms with E-state index in [0.29, 0.717) is 33.3 Å². The molecule has 0 unspecified atom stereocenters. The molecular weight excluding hydrogens is 479 g/mol. The Morgan fingerprint density at radius 1 is 1.30 bits per heavy atom. The Morgan fingerprint density at radius 2 is 2.13 bits per heavy atom. The van der Waals surface area contributed by atoms with Crippen molar-refractivity contribution >= 4 is 39.4 Å². The van der Waals surface area contributed by atoms with Crippen molar-refractivity contribution in [2.45, 2.75) is 13.5 Å². The molecule has 1 heterocycles. The number of aromatic nitrogens is 2. The molecule has 156 valence electrons. The zero-order valence-corrected chi connectivity index (χ0v) is 18.1. The zero-order chi connectivity index (χ0) is 21.5. The number of ether oxygens (including phenoxy) is 2. The van der Waals surface area contributed by atoms with Gasteiger partial charge in [0.1, 0.15) is 16.9 Å². The van der Waals surface area contributed by atoms with Crippen LogP contribution in [0.5, 0.6) is 11.5 Å². The van der Waals surface area contributed by atoms with E-state index in [4.69, 9.17) is 21.1 Å². The van der Waals surface area contributed by atoms with E-state index in [9.17, 15) is 9.18 Å². The van der Waals surface area contributed by atoms with Crippen LogP contribution in [0.1, 0.15) is 18.1 Å². The number of aromatic amines is 1. The minimum absolute atomic E-state index is 0.0375. The van der Waals surface area contributed by atoms with Crippen molar-refractivity contribution in [3.8, 4) is 11.5 Å². The molecule has 7 nitrogen and oxygen atoms in total. The Hall–Kier alpha value is -2.91. The van der Waals surface area contributed by atoms with Crippen LogP contribution in [0.25, 0.3) is 0 Å². The average Bonchev–Trinajstić information content (AvgIpc) is 2.72. The van der Waals surface area contributed by atoms with E-state index >= 15 is 0 Å². The number of H-pyrrole nitrogens is 1. The van der Waals surface area contributed by atoms with Crippen LogP contribution in [-0.4, -0.2) is 23.0 Å². The Balaban J connectivity index is 1.74. The normalized spacial score (nSPS) is 10.9. The van der Waals surface area contributed by atoms with Gasteiger partial charge in [-0.25, -0.2) is 9.49 Å². The molecule has 30 heavy (non-hydrogen) atoms. The first-order valence-electron chi connectivity index (χ1n) is 8.84. The minimum atomic E-state index is -0.435. The molecule has 0 fully saturated rings. The lowest BCUT2D eigenvalue weighted by atomic mass is 10.2. The van der Waals surface area contributed by atoms with Crippen LogP contribution in [0.15, 0.2) is 57.0 Å². The molecule has 0 bridgehead atoms. The first kappa shape index (κ1) is 21.8. The lowest BCUT2D eigenvalue weighted by molar-refractivity contribution is 0.266. The largest absolute Gasteiger partial charge is 0.490 e. The van der Waals surface area contributed by atoms with Crippen molar-refractivity contribution in [3.63, 3.8) is 0 Å². The van der Waals surface area contributed by atoms with Crippen molar-refractivity contribution in [1.82, 2.24) is 10.2 Å². The second-order valence-corrected chi connectivity index (χ2v) is 7.13. The lowest BCUT2D eigenvalue weighted by Gasteiger charge is -2.13. The molecule has 10 heteroatoms. The highest BCUT2D eigenvalue weighted by Gasteiger charge is 2.11. The van der Waals surface area contributed by atoms with Gasteiger partial charge in [0.2, 0.25) is 0 Å². The SMILES string of the molecule is CCOc1cc(/C=N\Nc2cn[nH]c(=O)c2Br)ccc1OCc1c(F)cccc1Cl. The number of anilines is 1. The molecule has 3 aromatic rings. The maximum Gasteiger partial charge on any atom is 0.280 e. The minimum Gasteiger partial charge on any atom is -0.490 e. The fourth-order valence-electron chi connectivity index (χ4n) is 2.45. The van der Waals surface area contributed by atoms with Gasteiger partial charge in [0.05, 0.1) is 29.7 Å². The molecule has 1 aromatic heterocycles. The molecule has 2 N–H and O–H groups in total. The monoisotopic (exact) mass is 494 g/mol. The molecule has 3 rings (SSSR count). The zero-order valence-electron chi connectivity index (χ0n) is 15.8. The second-order valence-electron chi connectivity index (χ2n) is 5.92. The highest BCUT2D eigenvalue weighted by molar-refractivity contribution is 9.10. The van der Waals surface area contributed by atoms with Crippen molar-refractivity contribution < 1.29 is 13.9 Å². The van der Waals surface area contributed by atoms with Gasteiger partial charge in [-0.15, -0.1) is 0 Å². The van der Waals surface area contributed by atoms with Crippen LogP contribution in [0, 0.1) is 5.82 Å². The van der Waals surface area contributed by atoms with Gasteiger partial charge in [-0.1, -0.05) is 17.7 Å². The van der Waals surface area contributed by atoms with Crippen LogP contribution in [0.4, 0.5) is 10.1 Å². The van der Waals surface area contributed by atoms with Crippen molar-refractivity contribution in [1.29, 1.82) is 0 Å². The fourth-order valence-corrected chi connectivity index (χ4v) is 2.95. The molecular formula is C20H17BrClFN4O3. The standard InChI is InChI=1S/C20H17BrClFN4O3/c1-2-29-18-8-12(9-24-26-16-10-25-27-20(28)19(16)21)6-7-17(18)30-11-13-14(22)4-3-5-15(13)23/h3-10H,2,11H2,1H3,(H2,26,27,28)/b24-9-. The molecule has 0 saturated carbocycles. The van der Waals surface area contributed by atoms with Crippen LogP contribution < -0.4 is 20.5 Å². The molecule has 0 aliphatic carbocycles. The van der Waals surface area contributed by atoms with Crippen molar-refractivity contribution in [2.75, 3.05) is 12.0 Å². The quantitative estimate of drug-likeness (QED) is 0.348. The summed E-state index contributed by atoms with van der Waals surface area (Å²) in [6.45, 7) is 2.22. The highest BCUT2D eigenvalue weighted by Crippen LogP contribution is 2.30. The first-order valence-corrected chi connectivity index (χ1v) is 10.0. The van der Waals surface area contributed by atoms with Gasteiger partial charge in [-0.2, -0.15) is 10.2 Å². The van der Waals surface area contributed by atoms with Gasteiger partial charge in [0, 0.05) is 5.56 Å². The summed E-state index contributed by atoms with van der Waals surface area (Å²) in [6, 6.07) is 9.67. The first-order chi connectivity index (χ1) is 14.5. The summed E-state index contributed by atoms with van der Waals surface area (Å²) in [5.41, 5.74) is 3.78. The van der Waals surface area contributed by atoms with E-state index in [0.717, 1.165) is 5.56 Å². The predicted octanol–water partition coefficient (Wildman–Crippen LogP) is 4.75. The van der Waals surface area contributed by atoms with Gasteiger partial charge in [0.25, 0.3) is 5.56 Å². The highest BCUT2D eigenvalue weighted by atomic mass is 79.9. The van der Waals surface area contributed by atoms with Crippen LogP contribution >= 0.6 is 27.5 Å². The molecule has 0 atom stereocenters. The van der Waals surface area contributed by atoms with Gasteiger partial charge in [0.15, 0.2) is 11.5 Å². The summed E-state index contributed by atoms with van der Waals surface area (Å²) in [5.74, 6) is 0.492. The van der Waals surface area contributed by atoms with Crippen LogP contribution in [0.3, 0.4) is 0 Å². The Morgan fingerprint density at radius 3 is 2.90 bits per heavy atom. The topological polar surface area (TPSA) is 88.6 Å². The average molecular weight is 496 g/mol. The molecule has 0 spiro atoms. The molecule has 2 aromatic carbocycles. The number of hydrogen-bond donors (Lipinski definition) is 2. The number of nitrogens with one attached hydrogen (secondary N) is 2. The molecule has 0 radical (unpaired) electrons. The number of hydrazone groups is 1. The maximum atomic E-state index is 13.9. The third-order valence-corrected chi connectivity index (χ3v) is 5.04. The number of halogens is 3. The lowest BCUT2D eigenvalue weighted by Crippen LogP contribution is -2.10. The van der Waals surface area contributed by atoms with Crippen molar-refractivity contribution in [2.24, 2.45) is 5.10 Å². The summed E-state index contributed by atoms with van der Waals surface area (Å²) in [6.07, 6.45) is 2.98. The second kappa shape index (κ2) is 10.2. The Kier molecular flexibility index (Phi) is 7.42. The summed E-state index contributed by atoms with van der Waals surface area (Å²) >= 11 is 9.21. The third-order valence-electron chi connectivity index (χ3n) is 3.90. The van der Waals surface area contributed by atoms with E-state index in [1.54, 1.807) is 30.5 Å². The van der Waals surface area contributed by atoms with Crippen LogP contribution in [-0.2, 0) is 6.61 Å². The summed E-state index contributed by atoms with van der Waals surface area (Å²) < 4.78 is 25.6. The van der Waals surface area contributed by atoms with Gasteiger partial charge < -0.3 is 9.47 Å². The summed E-state index contributed by atoms with van der Waals surface area (Å²) in [4.78, 5) is 11.5. The van der Waals surface area contributed by atoms with E-state index < -0.39 is 5.82 Å². The third kappa shape index (κ3) is 5.37. The van der Waals surface area contributed by atoms with Gasteiger partial charge >= 0.3 is 0 Å². The van der Waals surface area contributed by atoms with Crippen LogP contribution in [0.2, 0.25) is 5.02 Å². The van der Waals surface area contributed by atoms with Gasteiger partial charge in [-0.3, -0.25) is 10.2 Å². The number of hydrogen-bond acceptors (Lipinski definition) is 6. The molecule has 0 amide bonds. The molecule has 0 aliphatic rings. The number of rotatable bonds is 8. The van der Waals surface area contributed by atoms with E-state index in [1.165, 1.54) is 18.3 Å². The summed E-state index contributed by atoms with van der Waals surface area (Å²) in [5, 5.41) is 10.4. The Labute approximate surface area is 185 Å². The summed E-state index contributed by atoms with van der Waals surface area (Å²) in [7, 11) is 0. The van der Waals surface area contributed by atoms with Gasteiger partial charge in [-0.05, 0) is 58.7 Å². The fraction of sp³-hybridized carbons (Fsp3) is 0.150. The number of nitrogens with zero attached hydrogens (tertiary/aromatic N) is 2. The Bertz CT molecular complexity index is 1100. The number of benzene rings is 2. The van der Waals surface area contributed by atoms with Crippen molar-refractivity contribution in [3.05, 3.63) is 79.4 Å². The smallest absolute Gasteiger partial charge is 0.280 e. The van der Waals surface area contributed by atoms with E-state index in [-0.39, 0.29) is 17.7 Å². The molecule has 0 aliphatic heterocycles. The maximum absolute atomic E-state index is 13.9. The predicted molar refractivity (Wildman–Crippen MR) is 117 cm³/mol.